The number of carbonyl (C=O) groups is 1. The van der Waals surface area contributed by atoms with Gasteiger partial charge in [0.2, 0.25) is 0 Å². The average Bonchev–Trinajstić information content (AvgIpc) is 3.73. The molecule has 0 spiro atoms. The zero-order chi connectivity index (χ0) is 31.2. The zero-order valence-electron chi connectivity index (χ0n) is 24.1. The van der Waals surface area contributed by atoms with Crippen molar-refractivity contribution in [3.63, 3.8) is 0 Å². The van der Waals surface area contributed by atoms with Gasteiger partial charge >= 0.3 is 6.18 Å². The Hall–Kier alpha value is -4.20. The van der Waals surface area contributed by atoms with E-state index in [1.807, 2.05) is 0 Å². The summed E-state index contributed by atoms with van der Waals surface area (Å²) in [4.78, 5) is 22.0. The first-order valence-electron chi connectivity index (χ1n) is 13.8. The molecule has 6 rings (SSSR count). The second kappa shape index (κ2) is 11.7. The smallest absolute Gasteiger partial charge is 0.416 e. The number of hydrogen-bond donors (Lipinski definition) is 1. The maximum absolute atomic E-state index is 14.0. The number of likely N-dealkylation sites (tertiary alicyclic amines) is 2. The molecule has 2 atom stereocenters. The molecule has 1 amide bonds. The number of methoxy groups -OCH3 is 2. The van der Waals surface area contributed by atoms with Crippen molar-refractivity contribution in [2.75, 3.05) is 39.7 Å². The Kier molecular flexibility index (Phi) is 7.95. The predicted octanol–water partition coefficient (Wildman–Crippen LogP) is 5.16. The Bertz CT molecular complexity index is 1710. The van der Waals surface area contributed by atoms with Gasteiger partial charge in [-0.3, -0.25) is 14.7 Å². The third-order valence-electron chi connectivity index (χ3n) is 8.14. The molecule has 4 heterocycles. The summed E-state index contributed by atoms with van der Waals surface area (Å²) in [6.07, 6.45) is 1.13. The Morgan fingerprint density at radius 1 is 1.09 bits per heavy atom. The quantitative estimate of drug-likeness (QED) is 0.286. The lowest BCUT2D eigenvalue weighted by Crippen LogP contribution is -2.44. The van der Waals surface area contributed by atoms with Crippen LogP contribution in [-0.4, -0.2) is 82.1 Å². The lowest BCUT2D eigenvalue weighted by molar-refractivity contribution is -0.137. The van der Waals surface area contributed by atoms with Gasteiger partial charge in [-0.25, -0.2) is 4.68 Å². The van der Waals surface area contributed by atoms with E-state index >= 15 is 0 Å². The predicted molar refractivity (Wildman–Crippen MR) is 157 cm³/mol. The van der Waals surface area contributed by atoms with Crippen molar-refractivity contribution in [1.29, 1.82) is 0 Å². The number of nitrogens with zero attached hydrogens (tertiary/aromatic N) is 6. The van der Waals surface area contributed by atoms with E-state index in [0.717, 1.165) is 31.6 Å². The SMILES string of the molecule is COc1cncc(-c2cn(-c3cc(C(=O)Nc4cc(C(F)(F)F)cc(CN5CC6CC5CN6C)c4OC)ccc3Cl)nn2)c1. The summed E-state index contributed by atoms with van der Waals surface area (Å²) in [6.45, 7) is 1.89. The fourth-order valence-electron chi connectivity index (χ4n) is 5.87. The number of aromatic nitrogens is 4. The number of rotatable bonds is 8. The van der Waals surface area contributed by atoms with Gasteiger partial charge in [-0.2, -0.15) is 13.2 Å². The second-order valence-electron chi connectivity index (χ2n) is 10.9. The van der Waals surface area contributed by atoms with Crippen LogP contribution in [0.15, 0.2) is 55.0 Å². The number of hydrogen-bond acceptors (Lipinski definition) is 8. The summed E-state index contributed by atoms with van der Waals surface area (Å²) >= 11 is 6.45. The largest absolute Gasteiger partial charge is 0.495 e. The molecule has 2 unspecified atom stereocenters. The van der Waals surface area contributed by atoms with Crippen molar-refractivity contribution in [2.24, 2.45) is 0 Å². The molecule has 0 saturated carbocycles. The lowest BCUT2D eigenvalue weighted by atomic mass is 10.0. The van der Waals surface area contributed by atoms with Gasteiger partial charge in [0.15, 0.2) is 0 Å². The number of pyridine rings is 1. The van der Waals surface area contributed by atoms with Crippen LogP contribution in [0.1, 0.15) is 27.9 Å². The number of likely N-dealkylation sites (N-methyl/N-ethyl adjacent to an activating group) is 1. The highest BCUT2D eigenvalue weighted by atomic mass is 35.5. The van der Waals surface area contributed by atoms with Crippen LogP contribution < -0.4 is 14.8 Å². The number of piperazine rings is 1. The highest BCUT2D eigenvalue weighted by Gasteiger charge is 2.42. The molecule has 2 saturated heterocycles. The maximum atomic E-state index is 14.0. The summed E-state index contributed by atoms with van der Waals surface area (Å²) in [5, 5.41) is 11.2. The monoisotopic (exact) mass is 627 g/mol. The van der Waals surface area contributed by atoms with E-state index < -0.39 is 17.6 Å². The van der Waals surface area contributed by atoms with Gasteiger partial charge in [0.1, 0.15) is 17.2 Å². The number of fused-ring (bicyclic) bond motifs is 2. The lowest BCUT2D eigenvalue weighted by Gasteiger charge is -2.32. The minimum Gasteiger partial charge on any atom is -0.495 e. The van der Waals surface area contributed by atoms with E-state index in [1.54, 1.807) is 24.7 Å². The van der Waals surface area contributed by atoms with Crippen LogP contribution in [0.25, 0.3) is 16.9 Å². The summed E-state index contributed by atoms with van der Waals surface area (Å²) < 4.78 is 54.2. The summed E-state index contributed by atoms with van der Waals surface area (Å²) in [5.41, 5.74) is 1.04. The van der Waals surface area contributed by atoms with E-state index in [-0.39, 0.29) is 34.6 Å². The number of alkyl halides is 3. The van der Waals surface area contributed by atoms with E-state index in [2.05, 4.69) is 37.5 Å². The number of amides is 1. The van der Waals surface area contributed by atoms with Gasteiger partial charge in [0.05, 0.1) is 48.6 Å². The van der Waals surface area contributed by atoms with Crippen molar-refractivity contribution in [2.45, 2.75) is 31.2 Å². The van der Waals surface area contributed by atoms with Gasteiger partial charge in [0.25, 0.3) is 5.91 Å². The van der Waals surface area contributed by atoms with Gasteiger partial charge < -0.3 is 19.7 Å². The molecule has 1 N–H and O–H groups in total. The van der Waals surface area contributed by atoms with Crippen LogP contribution in [-0.2, 0) is 12.7 Å². The highest BCUT2D eigenvalue weighted by Crippen LogP contribution is 2.40. The standard InChI is InChI=1S/C30H29ClF3N7O3/c1-39-14-22-10-21(39)15-40(22)13-19-6-20(30(32,33)34)9-25(28(19)44-3)36-29(42)17-4-5-24(31)27(8-17)41-16-26(37-38-41)18-7-23(43-2)12-35-11-18/h4-9,11-12,16,21-22H,10,13-15H2,1-3H3,(H,36,42). The molecule has 2 aliphatic rings. The fraction of sp³-hybridized carbons (Fsp3) is 0.333. The number of ether oxygens (including phenoxy) is 2. The zero-order valence-corrected chi connectivity index (χ0v) is 24.9. The van der Waals surface area contributed by atoms with Gasteiger partial charge in [-0.05, 0) is 49.9 Å². The minimum absolute atomic E-state index is 0.0751. The minimum atomic E-state index is -4.62. The van der Waals surface area contributed by atoms with E-state index in [9.17, 15) is 18.0 Å². The van der Waals surface area contributed by atoms with Crippen LogP contribution in [0.4, 0.5) is 18.9 Å². The fourth-order valence-corrected chi connectivity index (χ4v) is 6.08. The van der Waals surface area contributed by atoms with Crippen molar-refractivity contribution in [1.82, 2.24) is 29.8 Å². The third kappa shape index (κ3) is 5.82. The van der Waals surface area contributed by atoms with Crippen LogP contribution in [0, 0.1) is 0 Å². The van der Waals surface area contributed by atoms with Gasteiger partial charge in [0, 0.05) is 54.6 Å². The third-order valence-corrected chi connectivity index (χ3v) is 8.46. The van der Waals surface area contributed by atoms with Crippen molar-refractivity contribution in [3.05, 3.63) is 76.7 Å². The van der Waals surface area contributed by atoms with Crippen molar-refractivity contribution in [3.8, 4) is 28.4 Å². The molecule has 0 aliphatic carbocycles. The summed E-state index contributed by atoms with van der Waals surface area (Å²) in [5.74, 6) is 0.0809. The van der Waals surface area contributed by atoms with Crippen LogP contribution >= 0.6 is 11.6 Å². The molecule has 44 heavy (non-hydrogen) atoms. The molecule has 14 heteroatoms. The Labute approximate surface area is 256 Å². The van der Waals surface area contributed by atoms with Crippen molar-refractivity contribution < 1.29 is 27.4 Å². The molecule has 2 aliphatic heterocycles. The van der Waals surface area contributed by atoms with Gasteiger partial charge in [-0.15, -0.1) is 5.10 Å². The number of carbonyl (C=O) groups excluding carboxylic acids is 1. The van der Waals surface area contributed by atoms with E-state index in [0.29, 0.717) is 34.3 Å². The molecule has 2 aromatic carbocycles. The van der Waals surface area contributed by atoms with E-state index in [1.165, 1.54) is 37.1 Å². The normalized spacial score (nSPS) is 18.5. The highest BCUT2D eigenvalue weighted by molar-refractivity contribution is 6.32. The van der Waals surface area contributed by atoms with E-state index in [4.69, 9.17) is 21.1 Å². The molecule has 2 aromatic heterocycles. The summed E-state index contributed by atoms with van der Waals surface area (Å²) in [6, 6.07) is 8.85. The maximum Gasteiger partial charge on any atom is 0.416 e. The molecular formula is C30H29ClF3N7O3. The Balaban J connectivity index is 1.29. The van der Waals surface area contributed by atoms with Crippen LogP contribution in [0.5, 0.6) is 11.5 Å². The molecule has 2 bridgehead atoms. The topological polar surface area (TPSA) is 97.6 Å². The molecule has 10 nitrogen and oxygen atoms in total. The number of nitrogens with one attached hydrogen (secondary N) is 1. The van der Waals surface area contributed by atoms with Crippen LogP contribution in [0.2, 0.25) is 5.02 Å². The van der Waals surface area contributed by atoms with Crippen LogP contribution in [0.3, 0.4) is 0 Å². The van der Waals surface area contributed by atoms with Gasteiger partial charge in [-0.1, -0.05) is 16.8 Å². The Morgan fingerprint density at radius 3 is 2.59 bits per heavy atom. The molecule has 0 radical (unpaired) electrons. The first-order chi connectivity index (χ1) is 21.0. The molecule has 4 aromatic rings. The molecule has 230 valence electrons. The molecule has 2 fully saturated rings. The number of halogens is 4. The number of benzene rings is 2. The Morgan fingerprint density at radius 2 is 1.91 bits per heavy atom. The van der Waals surface area contributed by atoms with Crippen molar-refractivity contribution >= 4 is 23.2 Å². The summed E-state index contributed by atoms with van der Waals surface area (Å²) in [7, 11) is 4.97. The second-order valence-corrected chi connectivity index (χ2v) is 11.3. The number of anilines is 1. The first-order valence-corrected chi connectivity index (χ1v) is 14.2. The average molecular weight is 628 g/mol. The molecular weight excluding hydrogens is 599 g/mol. The first kappa shape index (κ1) is 29.9.